The molecule has 0 bridgehead atoms. The van der Waals surface area contributed by atoms with E-state index in [4.69, 9.17) is 0 Å². The minimum absolute atomic E-state index is 1.10. The number of allylic oxidation sites excluding steroid dienone is 1. The molecule has 0 fully saturated rings. The normalized spacial score (nSPS) is 7.71. The average molecular weight is 289 g/mol. The molecule has 0 atom stereocenters. The molecule has 0 heteroatoms. The maximum Gasteiger partial charge on any atom is -0.00297 e. The van der Waals surface area contributed by atoms with Gasteiger partial charge in [-0.1, -0.05) is 84.7 Å². The average Bonchev–Trinajstić information content (AvgIpc) is 2.51. The third-order valence-electron chi connectivity index (χ3n) is 2.58. The molecule has 0 nitrogen and oxygen atoms in total. The zero-order valence-corrected chi connectivity index (χ0v) is 15.4. The fourth-order valence-corrected chi connectivity index (χ4v) is 1.41. The highest BCUT2D eigenvalue weighted by molar-refractivity contribution is 5.65. The van der Waals surface area contributed by atoms with Gasteiger partial charge in [-0.25, -0.2) is 0 Å². The van der Waals surface area contributed by atoms with Gasteiger partial charge in [0.25, 0.3) is 0 Å². The number of aryl methyl sites for hydroxylation is 1. The van der Waals surface area contributed by atoms with Gasteiger partial charge in [-0.05, 0) is 37.0 Å². The van der Waals surface area contributed by atoms with Gasteiger partial charge in [0.05, 0.1) is 0 Å². The molecule has 1 aromatic rings. The maximum atomic E-state index is 4.60. The predicted octanol–water partition coefficient (Wildman–Crippen LogP) is 7.28. The molecule has 0 aromatic heterocycles. The topological polar surface area (TPSA) is 0 Å². The van der Waals surface area contributed by atoms with Gasteiger partial charge >= 0.3 is 0 Å². The Bertz CT molecular complexity index is 364. The Morgan fingerprint density at radius 3 is 1.81 bits per heavy atom. The van der Waals surface area contributed by atoms with Crippen LogP contribution in [0.25, 0.3) is 5.57 Å². The number of benzene rings is 1. The van der Waals surface area contributed by atoms with Gasteiger partial charge in [0.2, 0.25) is 0 Å². The zero-order valence-electron chi connectivity index (χ0n) is 15.4. The van der Waals surface area contributed by atoms with Crippen LogP contribution in [0.3, 0.4) is 0 Å². The molecule has 120 valence electrons. The van der Waals surface area contributed by atoms with Crippen molar-refractivity contribution in [2.24, 2.45) is 0 Å². The van der Waals surface area contributed by atoms with Gasteiger partial charge in [0, 0.05) is 0 Å². The summed E-state index contributed by atoms with van der Waals surface area (Å²) in [5.41, 5.74) is 3.91. The second-order valence-electron chi connectivity index (χ2n) is 4.46. The third kappa shape index (κ3) is 16.5. The molecule has 0 radical (unpaired) electrons. The van der Waals surface area contributed by atoms with Crippen molar-refractivity contribution in [3.8, 4) is 12.3 Å². The second kappa shape index (κ2) is 20.8. The summed E-state index contributed by atoms with van der Waals surface area (Å²) in [5.74, 6) is 2.25. The highest BCUT2D eigenvalue weighted by Gasteiger charge is 1.99. The van der Waals surface area contributed by atoms with E-state index >= 15 is 0 Å². The summed E-state index contributed by atoms with van der Waals surface area (Å²) < 4.78 is 0. The van der Waals surface area contributed by atoms with Gasteiger partial charge in [0.15, 0.2) is 0 Å². The van der Waals surface area contributed by atoms with Crippen molar-refractivity contribution < 1.29 is 0 Å². The van der Waals surface area contributed by atoms with Crippen molar-refractivity contribution >= 4 is 5.57 Å². The largest absolute Gasteiger partial charge is 0.120 e. The lowest BCUT2D eigenvalue weighted by Crippen LogP contribution is -1.86. The van der Waals surface area contributed by atoms with Gasteiger partial charge in [0.1, 0.15) is 0 Å². The summed E-state index contributed by atoms with van der Waals surface area (Å²) in [4.78, 5) is 0. The Kier molecular flexibility index (Phi) is 24.3. The molecule has 0 unspecified atom stereocenters. The molecule has 0 aliphatic carbocycles. The van der Waals surface area contributed by atoms with Crippen molar-refractivity contribution in [2.75, 3.05) is 0 Å². The smallest absolute Gasteiger partial charge is 0.00297 e. The first-order valence-corrected chi connectivity index (χ1v) is 8.19. The Morgan fingerprint density at radius 1 is 1.05 bits per heavy atom. The Hall–Kier alpha value is -1.48. The minimum Gasteiger partial charge on any atom is -0.120 e. The van der Waals surface area contributed by atoms with Crippen LogP contribution in [0.2, 0.25) is 0 Å². The Labute approximate surface area is 134 Å². The van der Waals surface area contributed by atoms with Gasteiger partial charge in [-0.3, -0.25) is 0 Å². The van der Waals surface area contributed by atoms with Crippen LogP contribution in [0.1, 0.15) is 78.4 Å². The highest BCUT2D eigenvalue weighted by atomic mass is 14.0. The van der Waals surface area contributed by atoms with Crippen molar-refractivity contribution in [2.45, 2.75) is 74.1 Å². The van der Waals surface area contributed by atoms with E-state index < -0.39 is 0 Å². The summed E-state index contributed by atoms with van der Waals surface area (Å²) in [6.45, 7) is 18.4. The van der Waals surface area contributed by atoms with Crippen LogP contribution in [0, 0.1) is 19.3 Å². The predicted molar refractivity (Wildman–Crippen MR) is 102 cm³/mol. The molecule has 1 rings (SSSR count). The van der Waals surface area contributed by atoms with Crippen LogP contribution in [-0.2, 0) is 0 Å². The number of hydrogen-bond donors (Lipinski definition) is 0. The summed E-state index contributed by atoms with van der Waals surface area (Å²) in [7, 11) is 0. The van der Waals surface area contributed by atoms with E-state index in [0.29, 0.717) is 0 Å². The Morgan fingerprint density at radius 2 is 1.48 bits per heavy atom. The molecular formula is C21H36. The molecule has 0 heterocycles. The van der Waals surface area contributed by atoms with Crippen LogP contribution in [0.4, 0.5) is 0 Å². The lowest BCUT2D eigenvalue weighted by atomic mass is 9.99. The monoisotopic (exact) mass is 288 g/mol. The summed E-state index contributed by atoms with van der Waals surface area (Å²) in [6, 6.07) is 8.42. The highest BCUT2D eigenvalue weighted by Crippen LogP contribution is 2.20. The lowest BCUT2D eigenvalue weighted by Gasteiger charge is -2.06. The summed E-state index contributed by atoms with van der Waals surface area (Å²) >= 11 is 0. The van der Waals surface area contributed by atoms with Crippen LogP contribution < -0.4 is 0 Å². The number of rotatable bonds is 4. The van der Waals surface area contributed by atoms with Crippen LogP contribution in [-0.4, -0.2) is 0 Å². The number of hydrogen-bond acceptors (Lipinski definition) is 0. The molecule has 0 aliphatic heterocycles. The summed E-state index contributed by atoms with van der Waals surface area (Å²) in [5, 5.41) is 0. The van der Waals surface area contributed by atoms with E-state index in [-0.39, 0.29) is 0 Å². The lowest BCUT2D eigenvalue weighted by molar-refractivity contribution is 0.886. The summed E-state index contributed by atoms with van der Waals surface area (Å²) in [6.07, 6.45) is 9.51. The van der Waals surface area contributed by atoms with Crippen molar-refractivity contribution in [3.63, 3.8) is 0 Å². The molecule has 0 spiro atoms. The minimum atomic E-state index is 1.10. The second-order valence-corrected chi connectivity index (χ2v) is 4.46. The molecular weight excluding hydrogens is 252 g/mol. The fourth-order valence-electron chi connectivity index (χ4n) is 1.41. The van der Waals surface area contributed by atoms with E-state index in [1.165, 1.54) is 36.0 Å². The van der Waals surface area contributed by atoms with E-state index in [9.17, 15) is 0 Å². The molecule has 21 heavy (non-hydrogen) atoms. The van der Waals surface area contributed by atoms with E-state index in [0.717, 1.165) is 6.42 Å². The van der Waals surface area contributed by atoms with E-state index in [1.807, 2.05) is 13.8 Å². The first-order chi connectivity index (χ1) is 10.1. The molecule has 0 aliphatic rings. The van der Waals surface area contributed by atoms with Gasteiger partial charge < -0.3 is 0 Å². The van der Waals surface area contributed by atoms with Crippen LogP contribution >= 0.6 is 0 Å². The molecule has 0 N–H and O–H groups in total. The molecule has 0 saturated heterocycles. The van der Waals surface area contributed by atoms with Gasteiger partial charge in [-0.15, -0.1) is 12.3 Å². The Balaban J connectivity index is -0.000000301. The number of terminal acetylenes is 1. The van der Waals surface area contributed by atoms with Crippen molar-refractivity contribution in [3.05, 3.63) is 42.0 Å². The van der Waals surface area contributed by atoms with E-state index in [2.05, 4.69) is 70.9 Å². The van der Waals surface area contributed by atoms with Gasteiger partial charge in [-0.2, -0.15) is 0 Å². The quantitative estimate of drug-likeness (QED) is 0.511. The first kappa shape index (κ1) is 24.5. The first-order valence-electron chi connectivity index (χ1n) is 8.19. The maximum absolute atomic E-state index is 4.60. The molecule has 1 aromatic carbocycles. The SMILES string of the molecule is C#CC.C=C(CCC)c1ccccc1C.CC.CCCC. The zero-order chi connectivity index (χ0) is 17.1. The van der Waals surface area contributed by atoms with Crippen molar-refractivity contribution in [1.29, 1.82) is 0 Å². The van der Waals surface area contributed by atoms with E-state index in [1.54, 1.807) is 6.92 Å². The van der Waals surface area contributed by atoms with Crippen LogP contribution in [0.15, 0.2) is 30.8 Å². The molecule has 0 saturated carbocycles. The standard InChI is InChI=1S/C12H16.C4H10.C3H4.C2H6/c1-4-7-10(2)12-9-6-5-8-11(12)3;1-3-4-2;1-3-2;1-2/h5-6,8-9H,2,4,7H2,1,3H3;3-4H2,1-2H3;1H,2H3;1-2H3. The fraction of sp³-hybridized carbons (Fsp3) is 0.524. The third-order valence-corrected chi connectivity index (χ3v) is 2.58. The van der Waals surface area contributed by atoms with Crippen molar-refractivity contribution in [1.82, 2.24) is 0 Å². The molecule has 0 amide bonds. The van der Waals surface area contributed by atoms with Crippen LogP contribution in [0.5, 0.6) is 0 Å². The number of unbranched alkanes of at least 4 members (excludes halogenated alkanes) is 1.